The molecule has 0 aliphatic carbocycles. The van der Waals surface area contributed by atoms with Crippen molar-refractivity contribution in [3.63, 3.8) is 0 Å². The second-order valence-corrected chi connectivity index (χ2v) is 4.87. The minimum absolute atomic E-state index is 0.251. The predicted octanol–water partition coefficient (Wildman–Crippen LogP) is 0.999. The summed E-state index contributed by atoms with van der Waals surface area (Å²) in [6.07, 6.45) is 2.45. The number of ether oxygens (including phenoxy) is 3. The Kier molecular flexibility index (Phi) is 3.92. The lowest BCUT2D eigenvalue weighted by Crippen LogP contribution is -2.37. The van der Waals surface area contributed by atoms with Gasteiger partial charge in [-0.05, 0) is 18.9 Å². The minimum Gasteiger partial charge on any atom is -0.454 e. The van der Waals surface area contributed by atoms with Gasteiger partial charge in [0.05, 0.1) is 12.6 Å². The average molecular weight is 277 g/mol. The summed E-state index contributed by atoms with van der Waals surface area (Å²) in [7, 11) is 0. The molecule has 1 saturated heterocycles. The Hall–Kier alpha value is -1.95. The van der Waals surface area contributed by atoms with E-state index in [0.29, 0.717) is 19.0 Å². The largest absolute Gasteiger partial charge is 0.454 e. The van der Waals surface area contributed by atoms with E-state index in [1.807, 2.05) is 18.2 Å². The fourth-order valence-corrected chi connectivity index (χ4v) is 2.37. The van der Waals surface area contributed by atoms with E-state index >= 15 is 0 Å². The maximum absolute atomic E-state index is 5.86. The number of nitrogens with two attached hydrogens (primary N) is 1. The number of hydrogen-bond donors (Lipinski definition) is 2. The molecule has 1 atom stereocenters. The van der Waals surface area contributed by atoms with Crippen LogP contribution in [0.4, 0.5) is 0 Å². The van der Waals surface area contributed by atoms with Gasteiger partial charge in [-0.15, -0.1) is 0 Å². The molecule has 0 bridgehead atoms. The maximum atomic E-state index is 5.86. The predicted molar refractivity (Wildman–Crippen MR) is 74.9 cm³/mol. The topological polar surface area (TPSA) is 78.1 Å². The van der Waals surface area contributed by atoms with Gasteiger partial charge in [0.1, 0.15) is 0 Å². The lowest BCUT2D eigenvalue weighted by atomic mass is 10.2. The third-order valence-corrected chi connectivity index (χ3v) is 3.43. The van der Waals surface area contributed by atoms with Crippen LogP contribution in [0.1, 0.15) is 18.4 Å². The number of aliphatic imine (C=N–C) groups is 1. The Balaban J connectivity index is 1.55. The highest BCUT2D eigenvalue weighted by Crippen LogP contribution is 2.35. The van der Waals surface area contributed by atoms with Gasteiger partial charge in [-0.2, -0.15) is 0 Å². The molecule has 2 aliphatic rings. The third-order valence-electron chi connectivity index (χ3n) is 3.43. The number of guanidine groups is 1. The Morgan fingerprint density at radius 2 is 2.35 bits per heavy atom. The van der Waals surface area contributed by atoms with Crippen molar-refractivity contribution < 1.29 is 14.2 Å². The second kappa shape index (κ2) is 6.00. The molecule has 3 rings (SSSR count). The van der Waals surface area contributed by atoms with Crippen molar-refractivity contribution in [2.45, 2.75) is 25.5 Å². The highest BCUT2D eigenvalue weighted by molar-refractivity contribution is 5.77. The van der Waals surface area contributed by atoms with E-state index < -0.39 is 0 Å². The molecule has 3 N–H and O–H groups in total. The molecule has 0 spiro atoms. The average Bonchev–Trinajstić information content (AvgIpc) is 3.13. The summed E-state index contributed by atoms with van der Waals surface area (Å²) < 4.78 is 16.3. The zero-order chi connectivity index (χ0) is 13.8. The highest BCUT2D eigenvalue weighted by atomic mass is 16.7. The van der Waals surface area contributed by atoms with Gasteiger partial charge >= 0.3 is 0 Å². The zero-order valence-electron chi connectivity index (χ0n) is 11.3. The van der Waals surface area contributed by atoms with Crippen molar-refractivity contribution in [1.82, 2.24) is 5.32 Å². The lowest BCUT2D eigenvalue weighted by molar-refractivity contribution is 0.114. The third kappa shape index (κ3) is 2.96. The summed E-state index contributed by atoms with van der Waals surface area (Å²) in [4.78, 5) is 4.33. The first-order valence-electron chi connectivity index (χ1n) is 6.86. The van der Waals surface area contributed by atoms with Gasteiger partial charge in [0.15, 0.2) is 17.5 Å². The van der Waals surface area contributed by atoms with Crippen LogP contribution >= 0.6 is 0 Å². The van der Waals surface area contributed by atoms with E-state index in [4.69, 9.17) is 19.9 Å². The highest BCUT2D eigenvalue weighted by Gasteiger charge is 2.17. The van der Waals surface area contributed by atoms with Crippen LogP contribution in [0.5, 0.6) is 11.5 Å². The maximum Gasteiger partial charge on any atom is 0.231 e. The van der Waals surface area contributed by atoms with E-state index in [0.717, 1.165) is 36.5 Å². The standard InChI is InChI=1S/C14H19N3O3/c15-14(17-8-11-4-2-6-18-11)16-7-10-3-1-5-12-13(10)20-9-19-12/h1,3,5,11H,2,4,6-9H2,(H3,15,16,17). The van der Waals surface area contributed by atoms with Crippen LogP contribution in [-0.4, -0.2) is 32.0 Å². The smallest absolute Gasteiger partial charge is 0.231 e. The van der Waals surface area contributed by atoms with Crippen molar-refractivity contribution in [2.75, 3.05) is 19.9 Å². The summed E-state index contributed by atoms with van der Waals surface area (Å²) in [5.41, 5.74) is 6.83. The first-order valence-corrected chi connectivity index (χ1v) is 6.86. The van der Waals surface area contributed by atoms with E-state index in [1.165, 1.54) is 0 Å². The summed E-state index contributed by atoms with van der Waals surface area (Å²) >= 11 is 0. The molecule has 1 aromatic rings. The van der Waals surface area contributed by atoms with Gasteiger partial charge in [-0.25, -0.2) is 4.99 Å². The zero-order valence-corrected chi connectivity index (χ0v) is 11.3. The van der Waals surface area contributed by atoms with Crippen molar-refractivity contribution in [3.8, 4) is 11.5 Å². The fraction of sp³-hybridized carbons (Fsp3) is 0.500. The van der Waals surface area contributed by atoms with Gasteiger partial charge in [0.25, 0.3) is 0 Å². The Bertz CT molecular complexity index is 498. The Labute approximate surface area is 117 Å². The van der Waals surface area contributed by atoms with Gasteiger partial charge in [0, 0.05) is 18.7 Å². The summed E-state index contributed by atoms with van der Waals surface area (Å²) in [5.74, 6) is 1.96. The summed E-state index contributed by atoms with van der Waals surface area (Å²) in [6, 6.07) is 5.77. The van der Waals surface area contributed by atoms with Crippen LogP contribution in [0.2, 0.25) is 0 Å². The van der Waals surface area contributed by atoms with Gasteiger partial charge in [0.2, 0.25) is 6.79 Å². The van der Waals surface area contributed by atoms with Crippen molar-refractivity contribution >= 4 is 5.96 Å². The molecule has 108 valence electrons. The second-order valence-electron chi connectivity index (χ2n) is 4.87. The van der Waals surface area contributed by atoms with Crippen LogP contribution in [0, 0.1) is 0 Å². The molecule has 1 fully saturated rings. The van der Waals surface area contributed by atoms with Crippen LogP contribution in [-0.2, 0) is 11.3 Å². The molecular weight excluding hydrogens is 258 g/mol. The van der Waals surface area contributed by atoms with E-state index in [2.05, 4.69) is 10.3 Å². The number of para-hydroxylation sites is 1. The molecule has 6 nitrogen and oxygen atoms in total. The minimum atomic E-state index is 0.251. The Morgan fingerprint density at radius 1 is 1.40 bits per heavy atom. The molecule has 2 heterocycles. The number of fused-ring (bicyclic) bond motifs is 1. The van der Waals surface area contributed by atoms with Gasteiger partial charge in [-0.3, -0.25) is 0 Å². The van der Waals surface area contributed by atoms with Crippen LogP contribution < -0.4 is 20.5 Å². The number of nitrogens with one attached hydrogen (secondary N) is 1. The molecule has 1 aromatic carbocycles. The molecule has 0 aromatic heterocycles. The van der Waals surface area contributed by atoms with Crippen LogP contribution in [0.25, 0.3) is 0 Å². The van der Waals surface area contributed by atoms with Crippen molar-refractivity contribution in [3.05, 3.63) is 23.8 Å². The molecule has 0 radical (unpaired) electrons. The molecule has 20 heavy (non-hydrogen) atoms. The number of hydrogen-bond acceptors (Lipinski definition) is 4. The van der Waals surface area contributed by atoms with Gasteiger partial charge in [-0.1, -0.05) is 12.1 Å². The van der Waals surface area contributed by atoms with Crippen LogP contribution in [0.15, 0.2) is 23.2 Å². The summed E-state index contributed by atoms with van der Waals surface area (Å²) in [6.45, 7) is 2.29. The summed E-state index contributed by atoms with van der Waals surface area (Å²) in [5, 5.41) is 3.09. The molecular formula is C14H19N3O3. The Morgan fingerprint density at radius 3 is 3.20 bits per heavy atom. The van der Waals surface area contributed by atoms with Crippen molar-refractivity contribution in [1.29, 1.82) is 0 Å². The molecule has 2 aliphatic heterocycles. The molecule has 0 amide bonds. The molecule has 1 unspecified atom stereocenters. The van der Waals surface area contributed by atoms with E-state index in [9.17, 15) is 0 Å². The first-order chi connectivity index (χ1) is 9.83. The first kappa shape index (κ1) is 13.1. The number of nitrogens with zero attached hydrogens (tertiary/aromatic N) is 1. The molecule has 0 saturated carbocycles. The van der Waals surface area contributed by atoms with E-state index in [1.54, 1.807) is 0 Å². The van der Waals surface area contributed by atoms with E-state index in [-0.39, 0.29) is 12.9 Å². The van der Waals surface area contributed by atoms with Gasteiger partial charge < -0.3 is 25.3 Å². The molecule has 6 heteroatoms. The number of benzene rings is 1. The quantitative estimate of drug-likeness (QED) is 0.634. The normalized spacial score (nSPS) is 21.2. The SMILES string of the molecule is NC(=NCc1cccc2c1OCO2)NCC1CCCO1. The monoisotopic (exact) mass is 277 g/mol. The fourth-order valence-electron chi connectivity index (χ4n) is 2.37. The van der Waals surface area contributed by atoms with Crippen LogP contribution in [0.3, 0.4) is 0 Å². The lowest BCUT2D eigenvalue weighted by Gasteiger charge is -2.11. The van der Waals surface area contributed by atoms with Crippen molar-refractivity contribution in [2.24, 2.45) is 10.7 Å². The number of rotatable bonds is 4.